The molecule has 238 valence electrons. The molecule has 0 amide bonds. The monoisotopic (exact) mass is 650 g/mol. The molecule has 0 aromatic heterocycles. The average molecular weight is 651 g/mol. The maximum Gasteiger partial charge on any atom is 0.264 e. The van der Waals surface area contributed by atoms with Crippen molar-refractivity contribution in [2.45, 2.75) is 51.4 Å². The summed E-state index contributed by atoms with van der Waals surface area (Å²) in [7, 11) is -7.90. The summed E-state index contributed by atoms with van der Waals surface area (Å²) < 4.78 is 64.9. The lowest BCUT2D eigenvalue weighted by molar-refractivity contribution is 0.472. The fourth-order valence-electron chi connectivity index (χ4n) is 6.51. The van der Waals surface area contributed by atoms with E-state index in [0.717, 1.165) is 84.8 Å². The minimum Gasteiger partial charge on any atom is -0.371 e. The van der Waals surface area contributed by atoms with Crippen LogP contribution in [0.5, 0.6) is 0 Å². The van der Waals surface area contributed by atoms with Gasteiger partial charge in [0.05, 0.1) is 23.1 Å². The Morgan fingerprint density at radius 1 is 0.800 bits per heavy atom. The summed E-state index contributed by atoms with van der Waals surface area (Å²) in [5.74, 6) is -0.440. The fourth-order valence-corrected chi connectivity index (χ4v) is 7.65. The van der Waals surface area contributed by atoms with E-state index in [2.05, 4.69) is 51.9 Å². The number of anilines is 1. The lowest BCUT2D eigenvalue weighted by atomic mass is 9.90. The standard InChI is InChI=1S/C34H39N3O6S2/c35-25-26-9-11-27(12-10-26)34(30-13-15-32-28(23-30)7-5-19-36(32)17-1-3-21-44(38,39)40)31-14-16-33-29(24-31)8-6-20-37(33)18-2-4-22-45(41,42)43/h9-16,23-24H,1-8,17-22H2,(H-,38,39,40,41,42,43)/p+1. The highest BCUT2D eigenvalue weighted by molar-refractivity contribution is 7.86. The number of rotatable bonds is 12. The van der Waals surface area contributed by atoms with Crippen LogP contribution in [0.25, 0.3) is 5.57 Å². The molecule has 2 N–H and O–H groups in total. The van der Waals surface area contributed by atoms with Gasteiger partial charge in [0, 0.05) is 43.2 Å². The number of nitriles is 1. The summed E-state index contributed by atoms with van der Waals surface area (Å²) in [6.07, 6.45) is 6.08. The molecule has 0 aliphatic carbocycles. The van der Waals surface area contributed by atoms with Gasteiger partial charge in [-0.1, -0.05) is 18.2 Å². The van der Waals surface area contributed by atoms with Crippen molar-refractivity contribution in [1.82, 2.24) is 4.58 Å². The normalized spacial score (nSPS) is 15.7. The molecule has 3 aromatic carbocycles. The van der Waals surface area contributed by atoms with Gasteiger partial charge in [0.2, 0.25) is 5.36 Å². The summed E-state index contributed by atoms with van der Waals surface area (Å²) >= 11 is 0. The molecule has 0 fully saturated rings. The molecular formula is C34H40N3O6S2+. The van der Waals surface area contributed by atoms with Gasteiger partial charge in [0.25, 0.3) is 20.2 Å². The molecule has 0 radical (unpaired) electrons. The lowest BCUT2D eigenvalue weighted by Crippen LogP contribution is -2.39. The molecule has 2 heterocycles. The molecule has 5 rings (SSSR count). The molecule has 0 bridgehead atoms. The summed E-state index contributed by atoms with van der Waals surface area (Å²) in [6, 6.07) is 23.0. The van der Waals surface area contributed by atoms with E-state index in [0.29, 0.717) is 31.2 Å². The van der Waals surface area contributed by atoms with E-state index in [1.165, 1.54) is 11.1 Å². The first-order chi connectivity index (χ1) is 21.5. The van der Waals surface area contributed by atoms with Crippen LogP contribution in [0.1, 0.15) is 66.3 Å². The van der Waals surface area contributed by atoms with Crippen molar-refractivity contribution in [3.8, 4) is 6.07 Å². The van der Waals surface area contributed by atoms with Crippen LogP contribution in [0.3, 0.4) is 0 Å². The van der Waals surface area contributed by atoms with Gasteiger partial charge in [-0.15, -0.1) is 0 Å². The van der Waals surface area contributed by atoms with Crippen molar-refractivity contribution in [3.05, 3.63) is 99.1 Å². The number of hydrogen-bond acceptors (Lipinski definition) is 6. The van der Waals surface area contributed by atoms with Crippen molar-refractivity contribution in [1.29, 1.82) is 5.26 Å². The molecule has 0 spiro atoms. The predicted molar refractivity (Wildman–Crippen MR) is 176 cm³/mol. The number of fused-ring (bicyclic) bond motifs is 2. The highest BCUT2D eigenvalue weighted by Crippen LogP contribution is 2.32. The predicted octanol–water partition coefficient (Wildman–Crippen LogP) is 3.33. The third-order valence-corrected chi connectivity index (χ3v) is 10.2. The van der Waals surface area contributed by atoms with Crippen LogP contribution in [0.15, 0.2) is 60.7 Å². The van der Waals surface area contributed by atoms with Crippen molar-refractivity contribution >= 4 is 31.5 Å². The quantitative estimate of drug-likeness (QED) is 0.173. The molecule has 0 atom stereocenters. The first-order valence-electron chi connectivity index (χ1n) is 15.5. The Kier molecular flexibility index (Phi) is 10.4. The maximum absolute atomic E-state index is 11.1. The second kappa shape index (κ2) is 14.3. The van der Waals surface area contributed by atoms with Crippen LogP contribution in [0.2, 0.25) is 0 Å². The molecule has 0 unspecified atom stereocenters. The summed E-state index contributed by atoms with van der Waals surface area (Å²) in [5.41, 5.74) is 7.44. The van der Waals surface area contributed by atoms with Gasteiger partial charge >= 0.3 is 0 Å². The van der Waals surface area contributed by atoms with Crippen LogP contribution in [-0.2, 0) is 33.1 Å². The van der Waals surface area contributed by atoms with E-state index in [9.17, 15) is 22.1 Å². The van der Waals surface area contributed by atoms with Gasteiger partial charge < -0.3 is 4.90 Å². The lowest BCUT2D eigenvalue weighted by Gasteiger charge is -2.32. The van der Waals surface area contributed by atoms with E-state index in [4.69, 9.17) is 9.11 Å². The fraction of sp³-hybridized carbons (Fsp3) is 0.412. The highest BCUT2D eigenvalue weighted by atomic mass is 32.2. The van der Waals surface area contributed by atoms with Crippen molar-refractivity contribution in [3.63, 3.8) is 0 Å². The molecule has 2 aliphatic heterocycles. The third kappa shape index (κ3) is 8.79. The zero-order valence-corrected chi connectivity index (χ0v) is 27.0. The maximum atomic E-state index is 11.1. The van der Waals surface area contributed by atoms with Crippen LogP contribution in [0.4, 0.5) is 5.69 Å². The molecule has 3 aromatic rings. The average Bonchev–Trinajstić information content (AvgIpc) is 3.01. The Bertz CT molecular complexity index is 1930. The van der Waals surface area contributed by atoms with Gasteiger partial charge in [-0.2, -0.15) is 22.1 Å². The Labute approximate surface area is 265 Å². The highest BCUT2D eigenvalue weighted by Gasteiger charge is 2.20. The molecule has 45 heavy (non-hydrogen) atoms. The number of unbranched alkanes of at least 4 members (excludes halogenated alkanes) is 2. The molecule has 2 aliphatic rings. The Hall–Kier alpha value is -3.56. The zero-order chi connectivity index (χ0) is 32.0. The van der Waals surface area contributed by atoms with Gasteiger partial charge in [0.15, 0.2) is 0 Å². The molecule has 9 nitrogen and oxygen atoms in total. The van der Waals surface area contributed by atoms with Crippen molar-refractivity contribution in [2.24, 2.45) is 0 Å². The number of aryl methyl sites for hydroxylation is 2. The van der Waals surface area contributed by atoms with Gasteiger partial charge in [0.1, 0.15) is 13.1 Å². The first kappa shape index (κ1) is 32.8. The van der Waals surface area contributed by atoms with Gasteiger partial charge in [-0.3, -0.25) is 9.11 Å². The van der Waals surface area contributed by atoms with Crippen LogP contribution < -0.4 is 20.1 Å². The van der Waals surface area contributed by atoms with E-state index < -0.39 is 20.2 Å². The van der Waals surface area contributed by atoms with Crippen molar-refractivity contribution in [2.75, 3.05) is 42.6 Å². The molecule has 11 heteroatoms. The largest absolute Gasteiger partial charge is 0.371 e. The van der Waals surface area contributed by atoms with Crippen molar-refractivity contribution < 1.29 is 25.9 Å². The number of benzene rings is 3. The van der Waals surface area contributed by atoms with E-state index in [1.54, 1.807) is 0 Å². The first-order valence-corrected chi connectivity index (χ1v) is 18.8. The molecule has 0 saturated carbocycles. The second-order valence-electron chi connectivity index (χ2n) is 11.9. The Morgan fingerprint density at radius 2 is 1.49 bits per heavy atom. The van der Waals surface area contributed by atoms with Gasteiger partial charge in [-0.05, 0) is 102 Å². The second-order valence-corrected chi connectivity index (χ2v) is 15.1. The summed E-state index contributed by atoms with van der Waals surface area (Å²) in [5, 5.41) is 11.6. The van der Waals surface area contributed by atoms with Crippen LogP contribution in [0, 0.1) is 11.3 Å². The topological polar surface area (TPSA) is 139 Å². The minimum atomic E-state index is -3.95. The number of nitrogens with zero attached hydrogens (tertiary/aromatic N) is 3. The number of hydrogen-bond donors (Lipinski definition) is 2. The Balaban J connectivity index is 1.51. The SMILES string of the molecule is N#Cc1ccc(/C(c2ccc3c(c2)CCCN3CCCCS(=O)(=O)O)=c2/ccc3c(c2)CCC[N+]=3CCCCS(=O)(=O)O)cc1. The van der Waals surface area contributed by atoms with E-state index in [1.807, 2.05) is 24.3 Å². The zero-order valence-electron chi connectivity index (χ0n) is 25.4. The summed E-state index contributed by atoms with van der Waals surface area (Å²) in [4.78, 5) is 2.30. The van der Waals surface area contributed by atoms with Gasteiger partial charge in [-0.25, -0.2) is 4.58 Å². The van der Waals surface area contributed by atoms with Crippen LogP contribution in [-0.4, -0.2) is 63.6 Å². The third-order valence-electron chi connectivity index (χ3n) is 8.63. The van der Waals surface area contributed by atoms with Crippen LogP contribution >= 0.6 is 0 Å². The van der Waals surface area contributed by atoms with E-state index >= 15 is 0 Å². The molecular weight excluding hydrogens is 611 g/mol. The van der Waals surface area contributed by atoms with E-state index in [-0.39, 0.29) is 11.5 Å². The smallest absolute Gasteiger partial charge is 0.264 e. The summed E-state index contributed by atoms with van der Waals surface area (Å²) in [6.45, 7) is 3.26. The Morgan fingerprint density at radius 3 is 2.20 bits per heavy atom. The molecule has 0 saturated heterocycles. The minimum absolute atomic E-state index is 0.220.